The minimum atomic E-state index is -0.223. The zero-order valence-corrected chi connectivity index (χ0v) is 14.8. The van der Waals surface area contributed by atoms with Gasteiger partial charge in [-0.25, -0.2) is 4.99 Å². The number of methoxy groups -OCH3 is 1. The quantitative estimate of drug-likeness (QED) is 0.640. The predicted octanol–water partition coefficient (Wildman–Crippen LogP) is 3.07. The normalized spacial score (nSPS) is 17.0. The summed E-state index contributed by atoms with van der Waals surface area (Å²) in [6.07, 6.45) is 2.13. The van der Waals surface area contributed by atoms with Crippen molar-refractivity contribution in [2.75, 3.05) is 25.6 Å². The monoisotopic (exact) mass is 353 g/mol. The molecule has 1 amide bonds. The molecule has 1 saturated heterocycles. The van der Waals surface area contributed by atoms with Crippen molar-refractivity contribution >= 4 is 17.6 Å². The van der Waals surface area contributed by atoms with Gasteiger partial charge in [0.25, 0.3) is 5.91 Å². The lowest BCUT2D eigenvalue weighted by molar-refractivity contribution is 0.0975. The Morgan fingerprint density at radius 3 is 2.69 bits per heavy atom. The molecule has 136 valence electrons. The number of aliphatic imine (C=N–C) groups is 1. The van der Waals surface area contributed by atoms with Crippen LogP contribution in [0.2, 0.25) is 0 Å². The van der Waals surface area contributed by atoms with Gasteiger partial charge in [-0.1, -0.05) is 30.3 Å². The van der Waals surface area contributed by atoms with Crippen LogP contribution in [0, 0.1) is 0 Å². The number of hydrogen-bond acceptors (Lipinski definition) is 4. The summed E-state index contributed by atoms with van der Waals surface area (Å²) in [5.74, 6) is 0.823. The number of benzene rings is 2. The van der Waals surface area contributed by atoms with E-state index in [1.54, 1.807) is 19.2 Å². The number of amides is 1. The molecule has 1 aliphatic rings. The smallest absolute Gasteiger partial charge is 0.257 e. The first kappa shape index (κ1) is 17.9. The molecule has 2 N–H and O–H groups in total. The standard InChI is InChI=1S/C20H23N3O3/c1-25-18-12-6-5-11-17(18)22-20(21-14-16-10-7-13-26-16)23-19(24)15-8-3-2-4-9-15/h2-6,8-9,11-12,16H,7,10,13-14H2,1H3,(H2,21,22,23,24)/t16-/m1/s1. The second-order valence-electron chi connectivity index (χ2n) is 5.97. The highest BCUT2D eigenvalue weighted by atomic mass is 16.5. The van der Waals surface area contributed by atoms with Crippen molar-refractivity contribution in [1.82, 2.24) is 5.32 Å². The number of nitrogens with one attached hydrogen (secondary N) is 2. The van der Waals surface area contributed by atoms with Crippen molar-refractivity contribution in [2.45, 2.75) is 18.9 Å². The van der Waals surface area contributed by atoms with Crippen LogP contribution in [0.5, 0.6) is 5.75 Å². The van der Waals surface area contributed by atoms with Crippen LogP contribution in [0.25, 0.3) is 0 Å². The number of hydrogen-bond donors (Lipinski definition) is 2. The van der Waals surface area contributed by atoms with E-state index in [1.165, 1.54) is 0 Å². The second kappa shape index (κ2) is 9.01. The first-order chi connectivity index (χ1) is 12.8. The number of carbonyl (C=O) groups excluding carboxylic acids is 1. The van der Waals surface area contributed by atoms with E-state index in [0.29, 0.717) is 23.8 Å². The van der Waals surface area contributed by atoms with Crippen LogP contribution in [-0.4, -0.2) is 38.2 Å². The molecule has 26 heavy (non-hydrogen) atoms. The Morgan fingerprint density at radius 2 is 1.96 bits per heavy atom. The first-order valence-electron chi connectivity index (χ1n) is 8.69. The molecular formula is C20H23N3O3. The van der Waals surface area contributed by atoms with Crippen LogP contribution >= 0.6 is 0 Å². The van der Waals surface area contributed by atoms with Gasteiger partial charge in [-0.15, -0.1) is 0 Å². The number of para-hydroxylation sites is 2. The van der Waals surface area contributed by atoms with Crippen molar-refractivity contribution in [2.24, 2.45) is 4.99 Å². The molecule has 0 saturated carbocycles. The van der Waals surface area contributed by atoms with Crippen molar-refractivity contribution in [3.63, 3.8) is 0 Å². The molecule has 0 radical (unpaired) electrons. The van der Waals surface area contributed by atoms with Gasteiger partial charge in [0.1, 0.15) is 5.75 Å². The van der Waals surface area contributed by atoms with Crippen molar-refractivity contribution < 1.29 is 14.3 Å². The molecule has 0 spiro atoms. The summed E-state index contributed by atoms with van der Waals surface area (Å²) < 4.78 is 11.0. The molecule has 3 rings (SSSR count). The molecule has 6 nitrogen and oxygen atoms in total. The van der Waals surface area contributed by atoms with Gasteiger partial charge in [0, 0.05) is 12.2 Å². The van der Waals surface area contributed by atoms with E-state index in [2.05, 4.69) is 15.6 Å². The van der Waals surface area contributed by atoms with Gasteiger partial charge in [-0.05, 0) is 37.1 Å². The molecule has 1 heterocycles. The van der Waals surface area contributed by atoms with Crippen LogP contribution in [-0.2, 0) is 4.74 Å². The fourth-order valence-electron chi connectivity index (χ4n) is 2.74. The highest BCUT2D eigenvalue weighted by molar-refractivity contribution is 6.10. The van der Waals surface area contributed by atoms with E-state index in [0.717, 1.165) is 25.1 Å². The maximum Gasteiger partial charge on any atom is 0.257 e. The Balaban J connectivity index is 1.76. The topological polar surface area (TPSA) is 71.9 Å². The van der Waals surface area contributed by atoms with Gasteiger partial charge < -0.3 is 14.8 Å². The fraction of sp³-hybridized carbons (Fsp3) is 0.300. The molecule has 1 aliphatic heterocycles. The van der Waals surface area contributed by atoms with Crippen LogP contribution < -0.4 is 15.4 Å². The third-order valence-electron chi connectivity index (χ3n) is 4.10. The molecule has 6 heteroatoms. The van der Waals surface area contributed by atoms with Gasteiger partial charge in [0.2, 0.25) is 5.96 Å². The number of anilines is 1. The molecular weight excluding hydrogens is 330 g/mol. The maximum atomic E-state index is 12.5. The van der Waals surface area contributed by atoms with E-state index in [4.69, 9.17) is 9.47 Å². The van der Waals surface area contributed by atoms with Crippen LogP contribution in [0.3, 0.4) is 0 Å². The average molecular weight is 353 g/mol. The zero-order chi connectivity index (χ0) is 18.2. The molecule has 2 aromatic carbocycles. The van der Waals surface area contributed by atoms with Gasteiger partial charge in [0.15, 0.2) is 0 Å². The summed E-state index contributed by atoms with van der Waals surface area (Å²) in [4.78, 5) is 17.0. The molecule has 0 unspecified atom stereocenters. The Hall–Kier alpha value is -2.86. The van der Waals surface area contributed by atoms with Crippen molar-refractivity contribution in [3.05, 3.63) is 60.2 Å². The largest absolute Gasteiger partial charge is 0.495 e. The van der Waals surface area contributed by atoms with Gasteiger partial charge >= 0.3 is 0 Å². The summed E-state index contributed by atoms with van der Waals surface area (Å²) in [6, 6.07) is 16.5. The number of ether oxygens (including phenoxy) is 2. The molecule has 0 aliphatic carbocycles. The summed E-state index contributed by atoms with van der Waals surface area (Å²) in [6.45, 7) is 1.26. The first-order valence-corrected chi connectivity index (χ1v) is 8.69. The lowest BCUT2D eigenvalue weighted by Crippen LogP contribution is -2.36. The lowest BCUT2D eigenvalue weighted by atomic mass is 10.2. The fourth-order valence-corrected chi connectivity index (χ4v) is 2.74. The summed E-state index contributed by atoms with van der Waals surface area (Å²) >= 11 is 0. The number of carbonyl (C=O) groups is 1. The Morgan fingerprint density at radius 1 is 1.19 bits per heavy atom. The van der Waals surface area contributed by atoms with Crippen LogP contribution in [0.4, 0.5) is 5.69 Å². The predicted molar refractivity (Wildman–Crippen MR) is 102 cm³/mol. The number of nitrogens with zero attached hydrogens (tertiary/aromatic N) is 1. The van der Waals surface area contributed by atoms with Gasteiger partial charge in [-0.2, -0.15) is 0 Å². The second-order valence-corrected chi connectivity index (χ2v) is 5.97. The highest BCUT2D eigenvalue weighted by Crippen LogP contribution is 2.23. The molecule has 2 aromatic rings. The Kier molecular flexibility index (Phi) is 6.22. The highest BCUT2D eigenvalue weighted by Gasteiger charge is 2.16. The number of rotatable bonds is 5. The molecule has 1 atom stereocenters. The third-order valence-corrected chi connectivity index (χ3v) is 4.10. The Bertz CT molecular complexity index is 756. The zero-order valence-electron chi connectivity index (χ0n) is 14.8. The van der Waals surface area contributed by atoms with E-state index < -0.39 is 0 Å². The average Bonchev–Trinajstić information content (AvgIpc) is 3.21. The van der Waals surface area contributed by atoms with Crippen LogP contribution in [0.15, 0.2) is 59.6 Å². The molecule has 0 bridgehead atoms. The van der Waals surface area contributed by atoms with E-state index in [1.807, 2.05) is 42.5 Å². The summed E-state index contributed by atoms with van der Waals surface area (Å²) in [7, 11) is 1.60. The summed E-state index contributed by atoms with van der Waals surface area (Å²) in [5.41, 5.74) is 1.30. The Labute approximate surface area is 153 Å². The summed E-state index contributed by atoms with van der Waals surface area (Å²) in [5, 5.41) is 6.01. The van der Waals surface area contributed by atoms with E-state index >= 15 is 0 Å². The third kappa shape index (κ3) is 4.83. The van der Waals surface area contributed by atoms with E-state index in [-0.39, 0.29) is 12.0 Å². The van der Waals surface area contributed by atoms with Crippen LogP contribution in [0.1, 0.15) is 23.2 Å². The molecule has 0 aromatic heterocycles. The van der Waals surface area contributed by atoms with Gasteiger partial charge in [0.05, 0.1) is 25.4 Å². The lowest BCUT2D eigenvalue weighted by Gasteiger charge is -2.15. The minimum absolute atomic E-state index is 0.0955. The minimum Gasteiger partial charge on any atom is -0.495 e. The number of guanidine groups is 1. The van der Waals surface area contributed by atoms with E-state index in [9.17, 15) is 4.79 Å². The van der Waals surface area contributed by atoms with Crippen molar-refractivity contribution in [1.29, 1.82) is 0 Å². The van der Waals surface area contributed by atoms with Gasteiger partial charge in [-0.3, -0.25) is 10.1 Å². The van der Waals surface area contributed by atoms with Crippen molar-refractivity contribution in [3.8, 4) is 5.75 Å². The SMILES string of the molecule is COc1ccccc1NC(=NC[C@H]1CCCO1)NC(=O)c1ccccc1. The maximum absolute atomic E-state index is 12.5. The molecule has 1 fully saturated rings.